The van der Waals surface area contributed by atoms with Gasteiger partial charge in [-0.05, 0) is 11.2 Å². The molecule has 2 rings (SSSR count). The van der Waals surface area contributed by atoms with Gasteiger partial charge in [0.2, 0.25) is 0 Å². The maximum absolute atomic E-state index is 12.6. The molecule has 0 aliphatic carbocycles. The van der Waals surface area contributed by atoms with E-state index < -0.39 is 17.6 Å². The molecular weight excluding hydrogens is 301 g/mol. The summed E-state index contributed by atoms with van der Waals surface area (Å²) >= 11 is 5.74. The number of nitrogens with zero attached hydrogens (tertiary/aromatic N) is 4. The Bertz CT molecular complexity index is 696. The molecule has 0 saturated carbocycles. The second kappa shape index (κ2) is 5.00. The van der Waals surface area contributed by atoms with E-state index in [0.717, 1.165) is 22.9 Å². The number of pyridine rings is 1. The predicted octanol–water partition coefficient (Wildman–Crippen LogP) is 2.77. The number of imidazole rings is 1. The first-order valence-electron chi connectivity index (χ1n) is 4.97. The highest BCUT2D eigenvalue weighted by Crippen LogP contribution is 2.32. The summed E-state index contributed by atoms with van der Waals surface area (Å²) in [7, 11) is 0. The number of hydrogen-bond donors (Lipinski definition) is 1. The van der Waals surface area contributed by atoms with Crippen molar-refractivity contribution in [1.29, 1.82) is 0 Å². The molecule has 0 radical (unpaired) electrons. The predicted molar refractivity (Wildman–Crippen MR) is 64.2 cm³/mol. The second-order valence-electron chi connectivity index (χ2n) is 3.56. The van der Waals surface area contributed by atoms with Crippen LogP contribution >= 0.6 is 11.6 Å². The van der Waals surface area contributed by atoms with Crippen molar-refractivity contribution in [3.63, 3.8) is 0 Å². The van der Waals surface area contributed by atoms with Gasteiger partial charge in [-0.2, -0.15) is 13.2 Å². The summed E-state index contributed by atoms with van der Waals surface area (Å²) in [6, 6.07) is 0.746. The Labute approximate surface area is 114 Å². The highest BCUT2D eigenvalue weighted by atomic mass is 35.5. The molecule has 0 aliphatic heterocycles. The van der Waals surface area contributed by atoms with Gasteiger partial charge in [0.05, 0.1) is 10.6 Å². The smallest absolute Gasteiger partial charge is 0.408 e. The average Bonchev–Trinajstić information content (AvgIpc) is 2.79. The van der Waals surface area contributed by atoms with Gasteiger partial charge >= 0.3 is 12.1 Å². The Morgan fingerprint density at radius 2 is 2.15 bits per heavy atom. The van der Waals surface area contributed by atoms with Crippen molar-refractivity contribution in [3.05, 3.63) is 34.7 Å². The van der Waals surface area contributed by atoms with Crippen LogP contribution in [0, 0.1) is 0 Å². The van der Waals surface area contributed by atoms with E-state index in [0.29, 0.717) is 0 Å². The SMILES string of the molecule is C=NO/C(=N\O)c1cn2cc(C(F)(F)F)cc(Cl)c2n1. The zero-order valence-electron chi connectivity index (χ0n) is 9.60. The van der Waals surface area contributed by atoms with Gasteiger partial charge in [0.15, 0.2) is 11.3 Å². The Hall–Kier alpha value is -2.29. The van der Waals surface area contributed by atoms with Crippen LogP contribution in [0.4, 0.5) is 13.2 Å². The van der Waals surface area contributed by atoms with Crippen LogP contribution < -0.4 is 0 Å². The summed E-state index contributed by atoms with van der Waals surface area (Å²) in [5, 5.41) is 14.3. The third kappa shape index (κ3) is 2.52. The Balaban J connectivity index is 2.59. The van der Waals surface area contributed by atoms with Crippen LogP contribution in [0.25, 0.3) is 5.65 Å². The van der Waals surface area contributed by atoms with Gasteiger partial charge in [0.25, 0.3) is 0 Å². The third-order valence-electron chi connectivity index (χ3n) is 2.29. The van der Waals surface area contributed by atoms with Crippen LogP contribution in [-0.4, -0.2) is 27.2 Å². The van der Waals surface area contributed by atoms with Crippen molar-refractivity contribution in [1.82, 2.24) is 9.38 Å². The van der Waals surface area contributed by atoms with Gasteiger partial charge in [-0.1, -0.05) is 16.8 Å². The van der Waals surface area contributed by atoms with Crippen LogP contribution in [0.15, 0.2) is 28.8 Å². The van der Waals surface area contributed by atoms with Gasteiger partial charge in [0, 0.05) is 19.1 Å². The minimum atomic E-state index is -4.55. The molecule has 2 heterocycles. The van der Waals surface area contributed by atoms with Gasteiger partial charge < -0.3 is 14.4 Å². The standard InChI is InChI=1S/C10H6ClF3N4O2/c1-15-20-9(17-19)7-4-18-3-5(10(12,13)14)2-6(11)8(18)16-7/h2-4,19H,1H2/b17-9-. The topological polar surface area (TPSA) is 71.5 Å². The average molecular weight is 307 g/mol. The summed E-state index contributed by atoms with van der Waals surface area (Å²) in [5.74, 6) is -0.423. The molecule has 10 heteroatoms. The molecule has 0 fully saturated rings. The van der Waals surface area contributed by atoms with Crippen LogP contribution in [0.2, 0.25) is 5.02 Å². The Kier molecular flexibility index (Phi) is 3.53. The fourth-order valence-corrected chi connectivity index (χ4v) is 1.75. The molecule has 20 heavy (non-hydrogen) atoms. The molecule has 1 N–H and O–H groups in total. The number of rotatable bonds is 2. The van der Waals surface area contributed by atoms with E-state index in [4.69, 9.17) is 16.8 Å². The monoisotopic (exact) mass is 306 g/mol. The summed E-state index contributed by atoms with van der Waals surface area (Å²) in [4.78, 5) is 8.40. The highest BCUT2D eigenvalue weighted by Gasteiger charge is 2.32. The van der Waals surface area contributed by atoms with Crippen molar-refractivity contribution < 1.29 is 23.2 Å². The lowest BCUT2D eigenvalue weighted by molar-refractivity contribution is -0.137. The van der Waals surface area contributed by atoms with Gasteiger partial charge in [-0.15, -0.1) is 0 Å². The van der Waals surface area contributed by atoms with Crippen LogP contribution in [0.1, 0.15) is 11.3 Å². The lowest BCUT2D eigenvalue weighted by atomic mass is 10.3. The van der Waals surface area contributed by atoms with Crippen LogP contribution in [-0.2, 0) is 11.0 Å². The third-order valence-corrected chi connectivity index (χ3v) is 2.57. The van der Waals surface area contributed by atoms with Gasteiger partial charge in [0.1, 0.15) is 0 Å². The minimum Gasteiger partial charge on any atom is -0.408 e. The molecular formula is C10H6ClF3N4O2. The maximum Gasteiger partial charge on any atom is 0.417 e. The summed E-state index contributed by atoms with van der Waals surface area (Å²) in [6.07, 6.45) is -2.60. The molecule has 2 aromatic rings. The van der Waals surface area contributed by atoms with E-state index in [1.54, 1.807) is 0 Å². The van der Waals surface area contributed by atoms with E-state index in [2.05, 4.69) is 26.9 Å². The number of aromatic nitrogens is 2. The molecule has 0 aliphatic rings. The lowest BCUT2D eigenvalue weighted by Crippen LogP contribution is -2.06. The normalized spacial score (nSPS) is 12.7. The van der Waals surface area contributed by atoms with Crippen molar-refractivity contribution in [2.24, 2.45) is 10.3 Å². The number of halogens is 4. The first-order chi connectivity index (χ1) is 9.36. The van der Waals surface area contributed by atoms with Gasteiger partial charge in [-0.3, -0.25) is 0 Å². The quantitative estimate of drug-likeness (QED) is 0.401. The molecule has 0 saturated heterocycles. The van der Waals surface area contributed by atoms with E-state index in [9.17, 15) is 13.2 Å². The summed E-state index contributed by atoms with van der Waals surface area (Å²) in [6.45, 7) is 3.02. The molecule has 6 nitrogen and oxygen atoms in total. The van der Waals surface area contributed by atoms with E-state index in [-0.39, 0.29) is 16.4 Å². The fraction of sp³-hybridized carbons (Fsp3) is 0.100. The fourth-order valence-electron chi connectivity index (χ4n) is 1.49. The largest absolute Gasteiger partial charge is 0.417 e. The zero-order valence-corrected chi connectivity index (χ0v) is 10.4. The van der Waals surface area contributed by atoms with Gasteiger partial charge in [-0.25, -0.2) is 4.98 Å². The molecule has 0 amide bonds. The van der Waals surface area contributed by atoms with Crippen LogP contribution in [0.5, 0.6) is 0 Å². The molecule has 0 bridgehead atoms. The van der Waals surface area contributed by atoms with E-state index >= 15 is 0 Å². The molecule has 0 atom stereocenters. The minimum absolute atomic E-state index is 0.0449. The lowest BCUT2D eigenvalue weighted by Gasteiger charge is -2.07. The first kappa shape index (κ1) is 14.1. The van der Waals surface area contributed by atoms with E-state index in [1.165, 1.54) is 0 Å². The Morgan fingerprint density at radius 1 is 1.45 bits per heavy atom. The van der Waals surface area contributed by atoms with Crippen molar-refractivity contribution in [2.75, 3.05) is 0 Å². The van der Waals surface area contributed by atoms with Crippen molar-refractivity contribution in [2.45, 2.75) is 6.18 Å². The molecule has 0 spiro atoms. The highest BCUT2D eigenvalue weighted by molar-refractivity contribution is 6.33. The molecule has 106 valence electrons. The summed E-state index contributed by atoms with van der Waals surface area (Å²) < 4.78 is 39.0. The number of fused-ring (bicyclic) bond motifs is 1. The Morgan fingerprint density at radius 3 is 2.70 bits per heavy atom. The molecule has 0 unspecified atom stereocenters. The molecule has 2 aromatic heterocycles. The van der Waals surface area contributed by atoms with Crippen molar-refractivity contribution in [3.8, 4) is 0 Å². The zero-order chi connectivity index (χ0) is 14.9. The van der Waals surface area contributed by atoms with E-state index in [1.807, 2.05) is 0 Å². The number of alkyl halides is 3. The van der Waals surface area contributed by atoms with Crippen molar-refractivity contribution >= 4 is 29.9 Å². The maximum atomic E-state index is 12.6. The van der Waals surface area contributed by atoms with Crippen LogP contribution in [0.3, 0.4) is 0 Å². The number of hydrogen-bond acceptors (Lipinski definition) is 5. The second-order valence-corrected chi connectivity index (χ2v) is 3.96. The number of oxime groups is 2. The first-order valence-corrected chi connectivity index (χ1v) is 5.35. The summed E-state index contributed by atoms with van der Waals surface area (Å²) in [5.41, 5.74) is -0.950. The molecule has 0 aromatic carbocycles.